The predicted octanol–water partition coefficient (Wildman–Crippen LogP) is 2.47. The molecule has 1 fully saturated rings. The largest absolute Gasteiger partial charge is 0.314 e. The van der Waals surface area contributed by atoms with Crippen LogP contribution in [0, 0.1) is 11.3 Å². The smallest absolute Gasteiger partial charge is 0.0991 e. The highest BCUT2D eigenvalue weighted by Crippen LogP contribution is 2.27. The van der Waals surface area contributed by atoms with Crippen molar-refractivity contribution < 1.29 is 0 Å². The molecule has 0 amide bonds. The van der Waals surface area contributed by atoms with Gasteiger partial charge in [-0.25, -0.2) is 0 Å². The predicted molar refractivity (Wildman–Crippen MR) is 77.8 cm³/mol. The van der Waals surface area contributed by atoms with Gasteiger partial charge < -0.3 is 5.32 Å². The van der Waals surface area contributed by atoms with Gasteiger partial charge in [0.05, 0.1) is 11.6 Å². The first-order valence-electron chi connectivity index (χ1n) is 6.80. The van der Waals surface area contributed by atoms with Crippen LogP contribution in [-0.4, -0.2) is 31.1 Å². The van der Waals surface area contributed by atoms with Crippen LogP contribution in [0.25, 0.3) is 0 Å². The number of hydrogen-bond acceptors (Lipinski definition) is 3. The Labute approximate surface area is 115 Å². The third kappa shape index (κ3) is 3.66. The summed E-state index contributed by atoms with van der Waals surface area (Å²) in [5, 5.41) is 12.4. The van der Waals surface area contributed by atoms with Crippen LogP contribution < -0.4 is 5.32 Å². The summed E-state index contributed by atoms with van der Waals surface area (Å²) in [5.74, 6) is 0. The van der Waals surface area contributed by atoms with Gasteiger partial charge in [-0.3, -0.25) is 4.90 Å². The molecule has 1 aromatic rings. The molecule has 1 aliphatic heterocycles. The second-order valence-corrected chi connectivity index (χ2v) is 5.20. The van der Waals surface area contributed by atoms with E-state index in [0.717, 1.165) is 38.2 Å². The molecular weight excluding hydrogens is 234 g/mol. The topological polar surface area (TPSA) is 39.1 Å². The van der Waals surface area contributed by atoms with Crippen LogP contribution in [0.3, 0.4) is 0 Å². The number of piperazine rings is 1. The molecule has 2 rings (SSSR count). The molecule has 1 heterocycles. The van der Waals surface area contributed by atoms with E-state index < -0.39 is 0 Å². The molecule has 1 N–H and O–H groups in total. The van der Waals surface area contributed by atoms with E-state index in [1.54, 1.807) is 0 Å². The normalized spacial score (nSPS) is 17.7. The van der Waals surface area contributed by atoms with E-state index >= 15 is 0 Å². The average molecular weight is 255 g/mol. The summed E-state index contributed by atoms with van der Waals surface area (Å²) in [5.41, 5.74) is 3.15. The van der Waals surface area contributed by atoms with Crippen molar-refractivity contribution >= 4 is 0 Å². The van der Waals surface area contributed by atoms with Crippen LogP contribution in [0.1, 0.15) is 30.5 Å². The van der Waals surface area contributed by atoms with Crippen molar-refractivity contribution in [2.75, 3.05) is 26.2 Å². The van der Waals surface area contributed by atoms with Crippen molar-refractivity contribution in [3.63, 3.8) is 0 Å². The number of rotatable bonds is 4. The van der Waals surface area contributed by atoms with E-state index in [-0.39, 0.29) is 0 Å². The molecule has 3 heteroatoms. The molecule has 0 bridgehead atoms. The summed E-state index contributed by atoms with van der Waals surface area (Å²) < 4.78 is 0. The first-order chi connectivity index (χ1) is 9.20. The van der Waals surface area contributed by atoms with Gasteiger partial charge in [0.15, 0.2) is 0 Å². The van der Waals surface area contributed by atoms with Gasteiger partial charge in [-0.2, -0.15) is 5.26 Å². The van der Waals surface area contributed by atoms with Crippen LogP contribution in [-0.2, 0) is 0 Å². The zero-order chi connectivity index (χ0) is 13.7. The van der Waals surface area contributed by atoms with E-state index in [2.05, 4.69) is 35.9 Å². The lowest BCUT2D eigenvalue weighted by molar-refractivity contribution is 0.172. The number of hydrogen-bond donors (Lipinski definition) is 1. The SMILES string of the molecule is C=C(C)C[C@H](c1cccc(C#N)c1)N1CCNCC1. The lowest BCUT2D eigenvalue weighted by Crippen LogP contribution is -2.45. The molecule has 1 aliphatic rings. The molecule has 0 spiro atoms. The first kappa shape index (κ1) is 13.8. The molecule has 1 aromatic carbocycles. The number of nitrogens with one attached hydrogen (secondary N) is 1. The summed E-state index contributed by atoms with van der Waals surface area (Å²) in [6.07, 6.45) is 0.953. The quantitative estimate of drug-likeness (QED) is 0.840. The van der Waals surface area contributed by atoms with Gasteiger partial charge in [0.25, 0.3) is 0 Å². The summed E-state index contributed by atoms with van der Waals surface area (Å²) >= 11 is 0. The Morgan fingerprint density at radius 2 is 2.21 bits per heavy atom. The Morgan fingerprint density at radius 1 is 1.47 bits per heavy atom. The fraction of sp³-hybridized carbons (Fsp3) is 0.438. The minimum Gasteiger partial charge on any atom is -0.314 e. The van der Waals surface area contributed by atoms with Crippen molar-refractivity contribution in [1.82, 2.24) is 10.2 Å². The lowest BCUT2D eigenvalue weighted by Gasteiger charge is -2.35. The van der Waals surface area contributed by atoms with Crippen LogP contribution >= 0.6 is 0 Å². The molecule has 1 saturated heterocycles. The van der Waals surface area contributed by atoms with Gasteiger partial charge in [-0.15, -0.1) is 6.58 Å². The van der Waals surface area contributed by atoms with Crippen molar-refractivity contribution in [1.29, 1.82) is 5.26 Å². The fourth-order valence-corrected chi connectivity index (χ4v) is 2.60. The van der Waals surface area contributed by atoms with Crippen LogP contribution in [0.2, 0.25) is 0 Å². The molecular formula is C16H21N3. The van der Waals surface area contributed by atoms with Crippen LogP contribution in [0.15, 0.2) is 36.4 Å². The summed E-state index contributed by atoms with van der Waals surface area (Å²) in [6, 6.07) is 10.5. The Morgan fingerprint density at radius 3 is 2.84 bits per heavy atom. The Kier molecular flexibility index (Phi) is 4.73. The summed E-state index contributed by atoms with van der Waals surface area (Å²) in [4.78, 5) is 2.49. The Balaban J connectivity index is 2.25. The van der Waals surface area contributed by atoms with Crippen molar-refractivity contribution in [2.45, 2.75) is 19.4 Å². The zero-order valence-corrected chi connectivity index (χ0v) is 11.5. The number of benzene rings is 1. The molecule has 100 valence electrons. The van der Waals surface area contributed by atoms with Crippen LogP contribution in [0.4, 0.5) is 0 Å². The van der Waals surface area contributed by atoms with Gasteiger partial charge in [0.2, 0.25) is 0 Å². The maximum absolute atomic E-state index is 9.04. The molecule has 19 heavy (non-hydrogen) atoms. The van der Waals surface area contributed by atoms with Crippen molar-refractivity contribution in [2.24, 2.45) is 0 Å². The first-order valence-corrected chi connectivity index (χ1v) is 6.80. The third-order valence-corrected chi connectivity index (χ3v) is 3.53. The molecule has 0 unspecified atom stereocenters. The molecule has 3 nitrogen and oxygen atoms in total. The van der Waals surface area contributed by atoms with Gasteiger partial charge in [-0.05, 0) is 31.0 Å². The van der Waals surface area contributed by atoms with E-state index in [4.69, 9.17) is 5.26 Å². The monoisotopic (exact) mass is 255 g/mol. The molecule has 0 saturated carbocycles. The highest BCUT2D eigenvalue weighted by molar-refractivity contribution is 5.34. The second-order valence-electron chi connectivity index (χ2n) is 5.20. The highest BCUT2D eigenvalue weighted by atomic mass is 15.2. The zero-order valence-electron chi connectivity index (χ0n) is 11.5. The third-order valence-electron chi connectivity index (χ3n) is 3.53. The van der Waals surface area contributed by atoms with E-state index in [1.807, 2.05) is 18.2 Å². The van der Waals surface area contributed by atoms with Crippen LogP contribution in [0.5, 0.6) is 0 Å². The molecule has 0 aliphatic carbocycles. The second kappa shape index (κ2) is 6.51. The Hall–Kier alpha value is -1.63. The lowest BCUT2D eigenvalue weighted by atomic mass is 9.96. The van der Waals surface area contributed by atoms with E-state index in [0.29, 0.717) is 6.04 Å². The minimum atomic E-state index is 0.341. The fourth-order valence-electron chi connectivity index (χ4n) is 2.60. The van der Waals surface area contributed by atoms with Gasteiger partial charge in [-0.1, -0.05) is 17.7 Å². The number of nitrogens with zero attached hydrogens (tertiary/aromatic N) is 2. The highest BCUT2D eigenvalue weighted by Gasteiger charge is 2.22. The van der Waals surface area contributed by atoms with Gasteiger partial charge >= 0.3 is 0 Å². The van der Waals surface area contributed by atoms with E-state index in [9.17, 15) is 0 Å². The van der Waals surface area contributed by atoms with E-state index in [1.165, 1.54) is 11.1 Å². The van der Waals surface area contributed by atoms with Gasteiger partial charge in [0, 0.05) is 32.2 Å². The number of nitriles is 1. The summed E-state index contributed by atoms with van der Waals surface area (Å²) in [6.45, 7) is 10.3. The minimum absolute atomic E-state index is 0.341. The molecule has 1 atom stereocenters. The maximum atomic E-state index is 9.04. The standard InChI is InChI=1S/C16H21N3/c1-13(2)10-16(19-8-6-18-7-9-19)15-5-3-4-14(11-15)12-17/h3-5,11,16,18H,1,6-10H2,2H3/t16-/m1/s1. The van der Waals surface area contributed by atoms with Crippen molar-refractivity contribution in [3.05, 3.63) is 47.5 Å². The van der Waals surface area contributed by atoms with Gasteiger partial charge in [0.1, 0.15) is 0 Å². The average Bonchev–Trinajstić information content (AvgIpc) is 2.45. The molecule has 0 radical (unpaired) electrons. The Bertz CT molecular complexity index is 481. The molecule has 0 aromatic heterocycles. The summed E-state index contributed by atoms with van der Waals surface area (Å²) in [7, 11) is 0. The van der Waals surface area contributed by atoms with Crippen molar-refractivity contribution in [3.8, 4) is 6.07 Å². The maximum Gasteiger partial charge on any atom is 0.0991 e.